The molecule has 5 heteroatoms. The number of rotatable bonds is 3. The van der Waals surface area contributed by atoms with Crippen LogP contribution >= 0.6 is 11.3 Å². The molecule has 2 N–H and O–H groups in total. The van der Waals surface area contributed by atoms with Crippen molar-refractivity contribution in [3.05, 3.63) is 5.01 Å². The first-order valence-corrected chi connectivity index (χ1v) is 5.76. The van der Waals surface area contributed by atoms with E-state index in [0.717, 1.165) is 17.8 Å². The number of nitrogens with zero attached hydrogens (tertiary/aromatic N) is 2. The van der Waals surface area contributed by atoms with Crippen molar-refractivity contribution in [3.63, 3.8) is 0 Å². The highest BCUT2D eigenvalue weighted by molar-refractivity contribution is 7.15. The van der Waals surface area contributed by atoms with Crippen LogP contribution in [0.25, 0.3) is 0 Å². The molecule has 3 nitrogen and oxygen atoms in total. The third-order valence-electron chi connectivity index (χ3n) is 2.77. The molecule has 0 amide bonds. The minimum Gasteiger partial charge on any atom is -0.374 e. The summed E-state index contributed by atoms with van der Waals surface area (Å²) in [6.07, 6.45) is 4.71. The van der Waals surface area contributed by atoms with Crippen molar-refractivity contribution >= 4 is 16.5 Å². The van der Waals surface area contributed by atoms with Gasteiger partial charge in [0.05, 0.1) is 0 Å². The fraction of sp³-hybridized carbons (Fsp3) is 0.778. The molecule has 0 aliphatic heterocycles. The Hall–Kier alpha value is -0.710. The van der Waals surface area contributed by atoms with E-state index >= 15 is 0 Å². The molecule has 1 aromatic rings. The van der Waals surface area contributed by atoms with Gasteiger partial charge in [0.25, 0.3) is 0 Å². The van der Waals surface area contributed by atoms with Gasteiger partial charge in [-0.2, -0.15) is 0 Å². The molecule has 0 radical (unpaired) electrons. The molecule has 0 unspecified atom stereocenters. The number of halogens is 1. The quantitative estimate of drug-likeness (QED) is 0.842. The first-order chi connectivity index (χ1) is 6.68. The average Bonchev–Trinajstić information content (AvgIpc) is 2.73. The highest BCUT2D eigenvalue weighted by Gasteiger charge is 2.33. The Labute approximate surface area is 86.5 Å². The van der Waals surface area contributed by atoms with Gasteiger partial charge in [0.1, 0.15) is 10.7 Å². The Balaban J connectivity index is 1.87. The van der Waals surface area contributed by atoms with E-state index in [0.29, 0.717) is 30.8 Å². The Bertz CT molecular complexity index is 307. The third-order valence-corrected chi connectivity index (χ3v) is 3.58. The van der Waals surface area contributed by atoms with Gasteiger partial charge < -0.3 is 5.73 Å². The highest BCUT2D eigenvalue weighted by atomic mass is 32.1. The number of hydrogen-bond acceptors (Lipinski definition) is 4. The number of aryl methyl sites for hydroxylation is 1. The normalized spacial score (nSPS) is 20.1. The molecule has 0 bridgehead atoms. The highest BCUT2D eigenvalue weighted by Crippen LogP contribution is 2.37. The maximum absolute atomic E-state index is 13.9. The predicted octanol–water partition coefficient (Wildman–Crippen LogP) is 2.34. The maximum atomic E-state index is 13.9. The summed E-state index contributed by atoms with van der Waals surface area (Å²) < 4.78 is 13.9. The summed E-state index contributed by atoms with van der Waals surface area (Å²) in [5.41, 5.74) is 4.50. The van der Waals surface area contributed by atoms with Crippen LogP contribution in [-0.2, 0) is 6.42 Å². The summed E-state index contributed by atoms with van der Waals surface area (Å²) in [7, 11) is 0. The van der Waals surface area contributed by atoms with E-state index < -0.39 is 5.67 Å². The molecule has 1 saturated carbocycles. The molecule has 0 spiro atoms. The largest absolute Gasteiger partial charge is 0.374 e. The van der Waals surface area contributed by atoms with Crippen LogP contribution in [0.15, 0.2) is 0 Å². The number of nitrogens with two attached hydrogens (primary N) is 1. The van der Waals surface area contributed by atoms with Gasteiger partial charge in [0.15, 0.2) is 0 Å². The van der Waals surface area contributed by atoms with Crippen LogP contribution in [0.5, 0.6) is 0 Å². The Morgan fingerprint density at radius 1 is 1.36 bits per heavy atom. The lowest BCUT2D eigenvalue weighted by atomic mass is 9.98. The van der Waals surface area contributed by atoms with Crippen molar-refractivity contribution in [2.24, 2.45) is 0 Å². The summed E-state index contributed by atoms with van der Waals surface area (Å²) in [6, 6.07) is 0. The van der Waals surface area contributed by atoms with E-state index in [1.54, 1.807) is 0 Å². The lowest BCUT2D eigenvalue weighted by molar-refractivity contribution is 0.159. The van der Waals surface area contributed by atoms with Gasteiger partial charge in [-0.1, -0.05) is 24.2 Å². The molecule has 14 heavy (non-hydrogen) atoms. The Morgan fingerprint density at radius 2 is 2.07 bits per heavy atom. The van der Waals surface area contributed by atoms with E-state index in [9.17, 15) is 4.39 Å². The lowest BCUT2D eigenvalue weighted by Gasteiger charge is -2.17. The molecule has 0 saturated heterocycles. The Kier molecular flexibility index (Phi) is 2.67. The number of nitrogen functional groups attached to an aromatic ring is 1. The van der Waals surface area contributed by atoms with Crippen LogP contribution < -0.4 is 5.73 Å². The summed E-state index contributed by atoms with van der Waals surface area (Å²) in [6.45, 7) is 0. The SMILES string of the molecule is Nc1nnc(CCC2(F)CCCC2)s1. The molecular formula is C9H14FN3S. The summed E-state index contributed by atoms with van der Waals surface area (Å²) in [5, 5.41) is 8.92. The van der Waals surface area contributed by atoms with E-state index in [-0.39, 0.29) is 0 Å². The zero-order valence-electron chi connectivity index (χ0n) is 8.00. The van der Waals surface area contributed by atoms with E-state index in [1.165, 1.54) is 11.3 Å². The van der Waals surface area contributed by atoms with Crippen LogP contribution in [0, 0.1) is 0 Å². The third kappa shape index (κ3) is 2.20. The molecule has 1 aromatic heterocycles. The van der Waals surface area contributed by atoms with Gasteiger partial charge in [0.2, 0.25) is 5.13 Å². The van der Waals surface area contributed by atoms with Gasteiger partial charge in [-0.15, -0.1) is 10.2 Å². The monoisotopic (exact) mass is 215 g/mol. The fourth-order valence-electron chi connectivity index (χ4n) is 1.96. The number of hydrogen-bond donors (Lipinski definition) is 1. The number of alkyl halides is 1. The van der Waals surface area contributed by atoms with Crippen LogP contribution in [0.1, 0.15) is 37.1 Å². The summed E-state index contributed by atoms with van der Waals surface area (Å²) >= 11 is 1.36. The average molecular weight is 215 g/mol. The minimum atomic E-state index is -0.944. The Morgan fingerprint density at radius 3 is 2.64 bits per heavy atom. The molecule has 2 rings (SSSR count). The standard InChI is InChI=1S/C9H14FN3S/c10-9(4-1-2-5-9)6-3-7-12-13-8(11)14-7/h1-6H2,(H2,11,13). The molecule has 78 valence electrons. The first kappa shape index (κ1) is 9.83. The second-order valence-corrected chi connectivity index (χ2v) is 4.99. The zero-order chi connectivity index (χ0) is 10.0. The van der Waals surface area contributed by atoms with Gasteiger partial charge in [-0.3, -0.25) is 0 Å². The van der Waals surface area contributed by atoms with E-state index in [2.05, 4.69) is 10.2 Å². The van der Waals surface area contributed by atoms with E-state index in [1.807, 2.05) is 0 Å². The molecule has 1 aliphatic carbocycles. The van der Waals surface area contributed by atoms with Crippen molar-refractivity contribution in [1.82, 2.24) is 10.2 Å². The van der Waals surface area contributed by atoms with Gasteiger partial charge in [-0.25, -0.2) is 4.39 Å². The molecule has 1 fully saturated rings. The molecule has 0 aromatic carbocycles. The fourth-order valence-corrected chi connectivity index (χ4v) is 2.57. The predicted molar refractivity (Wildman–Crippen MR) is 54.9 cm³/mol. The van der Waals surface area contributed by atoms with Crippen LogP contribution in [0.3, 0.4) is 0 Å². The second-order valence-electron chi connectivity index (χ2n) is 3.89. The van der Waals surface area contributed by atoms with Crippen molar-refractivity contribution in [2.75, 3.05) is 5.73 Å². The summed E-state index contributed by atoms with van der Waals surface area (Å²) in [5.74, 6) is 0. The smallest absolute Gasteiger partial charge is 0.203 e. The maximum Gasteiger partial charge on any atom is 0.203 e. The van der Waals surface area contributed by atoms with Gasteiger partial charge in [-0.05, 0) is 19.3 Å². The van der Waals surface area contributed by atoms with Crippen molar-refractivity contribution < 1.29 is 4.39 Å². The molecular weight excluding hydrogens is 201 g/mol. The van der Waals surface area contributed by atoms with Crippen LogP contribution in [0.2, 0.25) is 0 Å². The van der Waals surface area contributed by atoms with Gasteiger partial charge >= 0.3 is 0 Å². The van der Waals surface area contributed by atoms with Crippen molar-refractivity contribution in [3.8, 4) is 0 Å². The molecule has 1 heterocycles. The first-order valence-electron chi connectivity index (χ1n) is 4.95. The lowest BCUT2D eigenvalue weighted by Crippen LogP contribution is -2.18. The van der Waals surface area contributed by atoms with Gasteiger partial charge in [0, 0.05) is 6.42 Å². The van der Waals surface area contributed by atoms with Crippen molar-refractivity contribution in [1.29, 1.82) is 0 Å². The summed E-state index contributed by atoms with van der Waals surface area (Å²) in [4.78, 5) is 0. The zero-order valence-corrected chi connectivity index (χ0v) is 8.82. The second kappa shape index (κ2) is 3.81. The number of aromatic nitrogens is 2. The topological polar surface area (TPSA) is 51.8 Å². The van der Waals surface area contributed by atoms with Crippen molar-refractivity contribution in [2.45, 2.75) is 44.2 Å². The minimum absolute atomic E-state index is 0.472. The van der Waals surface area contributed by atoms with Crippen LogP contribution in [-0.4, -0.2) is 15.9 Å². The number of anilines is 1. The van der Waals surface area contributed by atoms with Crippen LogP contribution in [0.4, 0.5) is 9.52 Å². The molecule has 1 aliphatic rings. The molecule has 0 atom stereocenters. The van der Waals surface area contributed by atoms with E-state index in [4.69, 9.17) is 5.73 Å².